The maximum Gasteiger partial charge on any atom is 0.272 e. The first-order chi connectivity index (χ1) is 18.4. The van der Waals surface area contributed by atoms with Crippen molar-refractivity contribution in [3.8, 4) is 0 Å². The minimum absolute atomic E-state index is 0.0355. The van der Waals surface area contributed by atoms with Gasteiger partial charge in [0.15, 0.2) is 5.78 Å². The lowest BCUT2D eigenvalue weighted by atomic mass is 10.1. The highest BCUT2D eigenvalue weighted by Crippen LogP contribution is 2.26. The van der Waals surface area contributed by atoms with Crippen LogP contribution in [0, 0.1) is 0 Å². The number of ketones is 1. The number of allylic oxidation sites excluding steroid dienone is 1. The largest absolute Gasteiger partial charge is 0.321 e. The Labute approximate surface area is 229 Å². The number of nitrogens with one attached hydrogen (secondary N) is 2. The van der Waals surface area contributed by atoms with Crippen molar-refractivity contribution >= 4 is 58.6 Å². The molecule has 0 aliphatic rings. The Kier molecular flexibility index (Phi) is 8.82. The quantitative estimate of drug-likeness (QED) is 0.192. The molecule has 8 heteroatoms. The second kappa shape index (κ2) is 12.6. The molecule has 0 unspecified atom stereocenters. The van der Waals surface area contributed by atoms with E-state index in [1.165, 1.54) is 12.2 Å². The number of carbonyl (C=O) groups excluding carboxylic acids is 3. The normalized spacial score (nSPS) is 11.3. The second-order valence-corrected chi connectivity index (χ2v) is 8.82. The van der Waals surface area contributed by atoms with E-state index in [0.717, 1.165) is 0 Å². The number of anilines is 1. The highest BCUT2D eigenvalue weighted by atomic mass is 35.5. The summed E-state index contributed by atoms with van der Waals surface area (Å²) < 4.78 is 0. The number of rotatable bonds is 8. The van der Waals surface area contributed by atoms with E-state index < -0.39 is 11.8 Å². The third-order valence-electron chi connectivity index (χ3n) is 5.35. The van der Waals surface area contributed by atoms with E-state index in [4.69, 9.17) is 23.2 Å². The van der Waals surface area contributed by atoms with Crippen LogP contribution in [0.1, 0.15) is 31.8 Å². The number of amides is 2. The molecule has 4 aromatic rings. The van der Waals surface area contributed by atoms with Gasteiger partial charge in [-0.1, -0.05) is 59.6 Å². The molecule has 6 nitrogen and oxygen atoms in total. The van der Waals surface area contributed by atoms with Gasteiger partial charge in [0.05, 0.1) is 10.0 Å². The van der Waals surface area contributed by atoms with Crippen LogP contribution in [0.3, 0.4) is 0 Å². The first kappa shape index (κ1) is 26.5. The van der Waals surface area contributed by atoms with Crippen LogP contribution in [0.5, 0.6) is 0 Å². The molecule has 0 aliphatic carbocycles. The van der Waals surface area contributed by atoms with Crippen LogP contribution in [0.2, 0.25) is 10.0 Å². The standard InChI is InChI=1S/C30H21Cl2N3O3/c31-25-10-4-9-22(28(25)32)13-16-27(36)21-11-14-24(15-12-21)34-30(38)26(18-20-6-5-17-33-19-20)35-29(37)23-7-2-1-3-8-23/h1-19H,(H,34,38)(H,35,37)/b16-13+,26-18-. The number of hydrogen-bond donors (Lipinski definition) is 2. The fraction of sp³-hybridized carbons (Fsp3) is 0. The maximum atomic E-state index is 13.1. The minimum Gasteiger partial charge on any atom is -0.321 e. The Bertz CT molecular complexity index is 1520. The minimum atomic E-state index is -0.535. The van der Waals surface area contributed by atoms with Gasteiger partial charge < -0.3 is 10.6 Å². The number of aromatic nitrogens is 1. The molecule has 0 saturated heterocycles. The summed E-state index contributed by atoms with van der Waals surface area (Å²) >= 11 is 12.2. The summed E-state index contributed by atoms with van der Waals surface area (Å²) in [6.45, 7) is 0. The molecule has 3 aromatic carbocycles. The van der Waals surface area contributed by atoms with Gasteiger partial charge in [-0.3, -0.25) is 19.4 Å². The molecule has 1 aromatic heterocycles. The maximum absolute atomic E-state index is 13.1. The summed E-state index contributed by atoms with van der Waals surface area (Å²) in [5.41, 5.74) is 2.57. The lowest BCUT2D eigenvalue weighted by Gasteiger charge is -2.11. The number of halogens is 2. The molecule has 0 fully saturated rings. The average molecular weight is 542 g/mol. The summed E-state index contributed by atoms with van der Waals surface area (Å²) in [5.74, 6) is -1.21. The predicted octanol–water partition coefficient (Wildman–Crippen LogP) is 6.69. The van der Waals surface area contributed by atoms with Crippen molar-refractivity contribution in [1.82, 2.24) is 10.3 Å². The van der Waals surface area contributed by atoms with E-state index in [2.05, 4.69) is 15.6 Å². The van der Waals surface area contributed by atoms with Crippen molar-refractivity contribution in [3.63, 3.8) is 0 Å². The SMILES string of the molecule is O=C(Nc1ccc(C(=O)/C=C/c2cccc(Cl)c2Cl)cc1)/C(=C/c1cccnc1)NC(=O)c1ccccc1. The number of benzene rings is 3. The Morgan fingerprint density at radius 2 is 1.55 bits per heavy atom. The molecule has 0 spiro atoms. The lowest BCUT2D eigenvalue weighted by molar-refractivity contribution is -0.113. The smallest absolute Gasteiger partial charge is 0.272 e. The van der Waals surface area contributed by atoms with Crippen LogP contribution in [0.15, 0.2) is 109 Å². The third kappa shape index (κ3) is 7.03. The van der Waals surface area contributed by atoms with Crippen molar-refractivity contribution in [2.45, 2.75) is 0 Å². The van der Waals surface area contributed by atoms with Gasteiger partial charge in [-0.05, 0) is 77.9 Å². The predicted molar refractivity (Wildman–Crippen MR) is 151 cm³/mol. The van der Waals surface area contributed by atoms with Gasteiger partial charge in [-0.25, -0.2) is 0 Å². The topological polar surface area (TPSA) is 88.2 Å². The summed E-state index contributed by atoms with van der Waals surface area (Å²) in [6, 6.07) is 23.6. The molecule has 2 amide bonds. The first-order valence-electron chi connectivity index (χ1n) is 11.5. The molecule has 0 atom stereocenters. The van der Waals surface area contributed by atoms with Crippen LogP contribution in [-0.2, 0) is 4.79 Å². The number of pyridine rings is 1. The molecular formula is C30H21Cl2N3O3. The third-order valence-corrected chi connectivity index (χ3v) is 6.18. The molecule has 38 heavy (non-hydrogen) atoms. The number of carbonyl (C=O) groups is 3. The molecular weight excluding hydrogens is 521 g/mol. The molecule has 0 bridgehead atoms. The Morgan fingerprint density at radius 1 is 0.789 bits per heavy atom. The fourth-order valence-electron chi connectivity index (χ4n) is 3.40. The molecule has 0 aliphatic heterocycles. The molecule has 1 heterocycles. The first-order valence-corrected chi connectivity index (χ1v) is 12.2. The van der Waals surface area contributed by atoms with Gasteiger partial charge in [-0.2, -0.15) is 0 Å². The van der Waals surface area contributed by atoms with E-state index in [9.17, 15) is 14.4 Å². The summed E-state index contributed by atoms with van der Waals surface area (Å²) in [7, 11) is 0. The molecule has 4 rings (SSSR count). The Balaban J connectivity index is 1.48. The fourth-order valence-corrected chi connectivity index (χ4v) is 3.77. The van der Waals surface area contributed by atoms with E-state index in [1.807, 2.05) is 0 Å². The zero-order chi connectivity index (χ0) is 26.9. The van der Waals surface area contributed by atoms with Gasteiger partial charge in [0.1, 0.15) is 5.70 Å². The summed E-state index contributed by atoms with van der Waals surface area (Å²) in [4.78, 5) is 42.5. The molecule has 0 radical (unpaired) electrons. The zero-order valence-corrected chi connectivity index (χ0v) is 21.4. The van der Waals surface area contributed by atoms with Gasteiger partial charge in [0.2, 0.25) is 0 Å². The highest BCUT2D eigenvalue weighted by Gasteiger charge is 2.15. The van der Waals surface area contributed by atoms with Crippen molar-refractivity contribution in [2.75, 3.05) is 5.32 Å². The van der Waals surface area contributed by atoms with Gasteiger partial charge >= 0.3 is 0 Å². The van der Waals surface area contributed by atoms with Crippen LogP contribution >= 0.6 is 23.2 Å². The summed E-state index contributed by atoms with van der Waals surface area (Å²) in [6.07, 6.45) is 7.72. The van der Waals surface area contributed by atoms with E-state index in [0.29, 0.717) is 38.0 Å². The zero-order valence-electron chi connectivity index (χ0n) is 19.9. The van der Waals surface area contributed by atoms with E-state index in [1.54, 1.807) is 103 Å². The van der Waals surface area contributed by atoms with Crippen molar-refractivity contribution in [3.05, 3.63) is 141 Å². The lowest BCUT2D eigenvalue weighted by Crippen LogP contribution is -2.30. The van der Waals surface area contributed by atoms with E-state index in [-0.39, 0.29) is 11.5 Å². The molecule has 0 saturated carbocycles. The number of nitrogens with zero attached hydrogens (tertiary/aromatic N) is 1. The van der Waals surface area contributed by atoms with Gasteiger partial charge in [0.25, 0.3) is 11.8 Å². The highest BCUT2D eigenvalue weighted by molar-refractivity contribution is 6.43. The van der Waals surface area contributed by atoms with Crippen molar-refractivity contribution in [1.29, 1.82) is 0 Å². The van der Waals surface area contributed by atoms with E-state index >= 15 is 0 Å². The van der Waals surface area contributed by atoms with Crippen molar-refractivity contribution in [2.24, 2.45) is 0 Å². The molecule has 2 N–H and O–H groups in total. The van der Waals surface area contributed by atoms with Gasteiger partial charge in [-0.15, -0.1) is 0 Å². The Hall–Kier alpha value is -4.52. The van der Waals surface area contributed by atoms with Crippen molar-refractivity contribution < 1.29 is 14.4 Å². The second-order valence-electron chi connectivity index (χ2n) is 8.04. The van der Waals surface area contributed by atoms with Crippen LogP contribution in [-0.4, -0.2) is 22.6 Å². The molecule has 188 valence electrons. The van der Waals surface area contributed by atoms with Crippen LogP contribution in [0.4, 0.5) is 5.69 Å². The van der Waals surface area contributed by atoms with Gasteiger partial charge in [0, 0.05) is 29.2 Å². The number of hydrogen-bond acceptors (Lipinski definition) is 4. The monoisotopic (exact) mass is 541 g/mol. The Morgan fingerprint density at radius 3 is 2.26 bits per heavy atom. The van der Waals surface area contributed by atoms with Crippen LogP contribution < -0.4 is 10.6 Å². The van der Waals surface area contributed by atoms with Crippen LogP contribution in [0.25, 0.3) is 12.2 Å². The average Bonchev–Trinajstić information content (AvgIpc) is 2.94. The summed E-state index contributed by atoms with van der Waals surface area (Å²) in [5, 5.41) is 6.19.